The molecule has 0 spiro atoms. The van der Waals surface area contributed by atoms with Crippen LogP contribution in [-0.4, -0.2) is 78.8 Å². The van der Waals surface area contributed by atoms with Crippen LogP contribution in [0.3, 0.4) is 0 Å². The predicted octanol–water partition coefficient (Wildman–Crippen LogP) is 1.06. The number of aliphatic hydroxyl groups is 1. The molecule has 29 heavy (non-hydrogen) atoms. The van der Waals surface area contributed by atoms with E-state index in [1.54, 1.807) is 7.11 Å². The van der Waals surface area contributed by atoms with Crippen LogP contribution < -0.4 is 14.8 Å². The number of aryl methyl sites for hydroxylation is 1. The number of aliphatic hydroxyl groups excluding tert-OH is 1. The number of ether oxygens (including phenoxy) is 3. The SMILES string of the molecule is COc1cc(CNCCn2ccnc2C)ccc1OCC(O)CN1CCOCC1. The fraction of sp³-hybridized carbons (Fsp3) is 0.571. The maximum Gasteiger partial charge on any atom is 0.161 e. The number of β-amino-alcohol motifs (C(OH)–C–C–N with tert-alkyl or cyclic N) is 1. The van der Waals surface area contributed by atoms with Gasteiger partial charge in [0.25, 0.3) is 0 Å². The Balaban J connectivity index is 1.43. The minimum atomic E-state index is -0.550. The minimum absolute atomic E-state index is 0.232. The third-order valence-corrected chi connectivity index (χ3v) is 5.01. The Kier molecular flexibility index (Phi) is 8.30. The lowest BCUT2D eigenvalue weighted by Gasteiger charge is -2.28. The molecule has 1 aromatic heterocycles. The summed E-state index contributed by atoms with van der Waals surface area (Å²) in [5.41, 5.74) is 1.12. The molecule has 0 saturated carbocycles. The van der Waals surface area contributed by atoms with Crippen LogP contribution in [0.5, 0.6) is 11.5 Å². The average Bonchev–Trinajstić information content (AvgIpc) is 3.15. The number of nitrogens with one attached hydrogen (secondary N) is 1. The van der Waals surface area contributed by atoms with Gasteiger partial charge in [0.05, 0.1) is 20.3 Å². The quantitative estimate of drug-likeness (QED) is 0.542. The molecule has 2 aromatic rings. The molecule has 1 fully saturated rings. The molecule has 1 aromatic carbocycles. The monoisotopic (exact) mass is 404 g/mol. The van der Waals surface area contributed by atoms with Crippen molar-refractivity contribution in [3.63, 3.8) is 0 Å². The first-order chi connectivity index (χ1) is 14.2. The highest BCUT2D eigenvalue weighted by Crippen LogP contribution is 2.28. The zero-order chi connectivity index (χ0) is 20.5. The summed E-state index contributed by atoms with van der Waals surface area (Å²) in [6.45, 7) is 8.44. The van der Waals surface area contributed by atoms with Crippen molar-refractivity contribution in [3.8, 4) is 11.5 Å². The van der Waals surface area contributed by atoms with Crippen molar-refractivity contribution in [2.75, 3.05) is 53.1 Å². The van der Waals surface area contributed by atoms with Crippen molar-refractivity contribution < 1.29 is 19.3 Å². The van der Waals surface area contributed by atoms with Gasteiger partial charge in [-0.05, 0) is 24.6 Å². The maximum absolute atomic E-state index is 10.3. The van der Waals surface area contributed by atoms with E-state index in [0.717, 1.165) is 57.3 Å². The summed E-state index contributed by atoms with van der Waals surface area (Å²) in [6.07, 6.45) is 3.25. The molecule has 1 atom stereocenters. The third kappa shape index (κ3) is 6.71. The zero-order valence-electron chi connectivity index (χ0n) is 17.3. The number of morpholine rings is 1. The molecule has 0 bridgehead atoms. The van der Waals surface area contributed by atoms with Gasteiger partial charge in [-0.1, -0.05) is 6.07 Å². The highest BCUT2D eigenvalue weighted by Gasteiger charge is 2.16. The lowest BCUT2D eigenvalue weighted by molar-refractivity contribution is 0.00445. The van der Waals surface area contributed by atoms with Gasteiger partial charge in [-0.2, -0.15) is 0 Å². The fourth-order valence-corrected chi connectivity index (χ4v) is 3.33. The van der Waals surface area contributed by atoms with Crippen LogP contribution in [0.15, 0.2) is 30.6 Å². The molecule has 160 valence electrons. The first-order valence-electron chi connectivity index (χ1n) is 10.1. The van der Waals surface area contributed by atoms with E-state index >= 15 is 0 Å². The van der Waals surface area contributed by atoms with Crippen LogP contribution in [-0.2, 0) is 17.8 Å². The van der Waals surface area contributed by atoms with E-state index in [1.807, 2.05) is 37.5 Å². The second-order valence-electron chi connectivity index (χ2n) is 7.21. The second-order valence-corrected chi connectivity index (χ2v) is 7.21. The van der Waals surface area contributed by atoms with Crippen molar-refractivity contribution in [1.82, 2.24) is 19.8 Å². The maximum atomic E-state index is 10.3. The van der Waals surface area contributed by atoms with E-state index in [9.17, 15) is 5.11 Å². The van der Waals surface area contributed by atoms with E-state index < -0.39 is 6.10 Å². The van der Waals surface area contributed by atoms with Crippen LogP contribution in [0, 0.1) is 6.92 Å². The molecule has 0 radical (unpaired) electrons. The molecule has 3 rings (SSSR count). The van der Waals surface area contributed by atoms with Crippen LogP contribution in [0.25, 0.3) is 0 Å². The lowest BCUT2D eigenvalue weighted by atomic mass is 10.2. The molecule has 1 unspecified atom stereocenters. The predicted molar refractivity (Wildman–Crippen MR) is 110 cm³/mol. The van der Waals surface area contributed by atoms with Gasteiger partial charge in [-0.3, -0.25) is 4.90 Å². The molecule has 1 aliphatic heterocycles. The van der Waals surface area contributed by atoms with Gasteiger partial charge >= 0.3 is 0 Å². The molecular weight excluding hydrogens is 372 g/mol. The van der Waals surface area contributed by atoms with Gasteiger partial charge in [-0.25, -0.2) is 4.98 Å². The normalized spacial score (nSPS) is 16.0. The van der Waals surface area contributed by atoms with E-state index in [2.05, 4.69) is 19.8 Å². The number of nitrogens with zero attached hydrogens (tertiary/aromatic N) is 3. The fourth-order valence-electron chi connectivity index (χ4n) is 3.33. The molecule has 8 heteroatoms. The largest absolute Gasteiger partial charge is 0.493 e. The summed E-state index contributed by atoms with van der Waals surface area (Å²) in [7, 11) is 1.63. The van der Waals surface area contributed by atoms with E-state index in [4.69, 9.17) is 14.2 Å². The summed E-state index contributed by atoms with van der Waals surface area (Å²) in [6, 6.07) is 5.89. The summed E-state index contributed by atoms with van der Waals surface area (Å²) in [5.74, 6) is 2.34. The van der Waals surface area contributed by atoms with Gasteiger partial charge in [-0.15, -0.1) is 0 Å². The molecule has 0 amide bonds. The van der Waals surface area contributed by atoms with Crippen LogP contribution >= 0.6 is 0 Å². The van der Waals surface area contributed by atoms with Gasteiger partial charge in [0.1, 0.15) is 18.5 Å². The first kappa shape index (κ1) is 21.6. The Morgan fingerprint density at radius 1 is 1.28 bits per heavy atom. The minimum Gasteiger partial charge on any atom is -0.493 e. The van der Waals surface area contributed by atoms with Crippen molar-refractivity contribution in [2.24, 2.45) is 0 Å². The van der Waals surface area contributed by atoms with Gasteiger partial charge < -0.3 is 29.2 Å². The summed E-state index contributed by atoms with van der Waals surface area (Å²) in [5, 5.41) is 13.7. The molecular formula is C21H32N4O4. The summed E-state index contributed by atoms with van der Waals surface area (Å²) >= 11 is 0. The van der Waals surface area contributed by atoms with E-state index in [0.29, 0.717) is 18.0 Å². The van der Waals surface area contributed by atoms with Crippen LogP contribution in [0.2, 0.25) is 0 Å². The van der Waals surface area contributed by atoms with Crippen LogP contribution in [0.4, 0.5) is 0 Å². The highest BCUT2D eigenvalue weighted by atomic mass is 16.5. The molecule has 2 N–H and O–H groups in total. The number of aromatic nitrogens is 2. The van der Waals surface area contributed by atoms with Crippen molar-refractivity contribution in [2.45, 2.75) is 26.1 Å². The average molecular weight is 405 g/mol. The number of rotatable bonds is 11. The highest BCUT2D eigenvalue weighted by molar-refractivity contribution is 5.43. The number of methoxy groups -OCH3 is 1. The van der Waals surface area contributed by atoms with Crippen molar-refractivity contribution >= 4 is 0 Å². The Hall–Kier alpha value is -2.13. The number of hydrogen-bond acceptors (Lipinski definition) is 7. The smallest absolute Gasteiger partial charge is 0.161 e. The first-order valence-corrected chi connectivity index (χ1v) is 10.1. The third-order valence-electron chi connectivity index (χ3n) is 5.01. The molecule has 2 heterocycles. The number of benzene rings is 1. The number of imidazole rings is 1. The summed E-state index contributed by atoms with van der Waals surface area (Å²) < 4.78 is 18.7. The van der Waals surface area contributed by atoms with Gasteiger partial charge in [0, 0.05) is 51.7 Å². The van der Waals surface area contributed by atoms with E-state index in [-0.39, 0.29) is 6.61 Å². The second kappa shape index (κ2) is 11.2. The topological polar surface area (TPSA) is 81.0 Å². The Bertz CT molecular complexity index is 746. The van der Waals surface area contributed by atoms with Gasteiger partial charge in [0.15, 0.2) is 11.5 Å². The van der Waals surface area contributed by atoms with Crippen molar-refractivity contribution in [3.05, 3.63) is 42.0 Å². The Morgan fingerprint density at radius 3 is 2.83 bits per heavy atom. The lowest BCUT2D eigenvalue weighted by Crippen LogP contribution is -2.42. The Labute approximate surface area is 172 Å². The van der Waals surface area contributed by atoms with Gasteiger partial charge in [0.2, 0.25) is 0 Å². The Morgan fingerprint density at radius 2 is 2.10 bits per heavy atom. The standard InChI is InChI=1S/C21H32N4O4/c1-17-23-6-8-25(17)7-5-22-14-18-3-4-20(21(13-18)27-2)29-16-19(26)15-24-9-11-28-12-10-24/h3-4,6,8,13,19,22,26H,5,7,9-12,14-16H2,1-2H3. The molecule has 1 saturated heterocycles. The van der Waals surface area contributed by atoms with E-state index in [1.165, 1.54) is 0 Å². The van der Waals surface area contributed by atoms with Crippen LogP contribution in [0.1, 0.15) is 11.4 Å². The zero-order valence-corrected chi connectivity index (χ0v) is 17.3. The molecule has 8 nitrogen and oxygen atoms in total. The number of hydrogen-bond donors (Lipinski definition) is 2. The van der Waals surface area contributed by atoms with Crippen molar-refractivity contribution in [1.29, 1.82) is 0 Å². The summed E-state index contributed by atoms with van der Waals surface area (Å²) in [4.78, 5) is 6.42. The molecule has 0 aliphatic carbocycles. The molecule has 1 aliphatic rings.